The van der Waals surface area contributed by atoms with E-state index in [-0.39, 0.29) is 5.78 Å². The van der Waals surface area contributed by atoms with Gasteiger partial charge in [-0.05, 0) is 54.8 Å². The normalized spacial score (nSPS) is 11.1. The van der Waals surface area contributed by atoms with E-state index in [1.807, 2.05) is 32.0 Å². The van der Waals surface area contributed by atoms with Crippen LogP contribution in [-0.4, -0.2) is 31.0 Å². The van der Waals surface area contributed by atoms with E-state index < -0.39 is 5.97 Å². The Morgan fingerprint density at radius 2 is 1.93 bits per heavy atom. The van der Waals surface area contributed by atoms with Crippen molar-refractivity contribution in [1.82, 2.24) is 4.98 Å². The fourth-order valence-corrected chi connectivity index (χ4v) is 3.84. The molecule has 0 unspecified atom stereocenters. The third-order valence-corrected chi connectivity index (χ3v) is 5.49. The second-order valence-electron chi connectivity index (χ2n) is 6.05. The molecule has 3 rings (SSSR count). The first-order valence-electron chi connectivity index (χ1n) is 8.29. The summed E-state index contributed by atoms with van der Waals surface area (Å²) in [5.74, 6) is 0.267. The second kappa shape index (κ2) is 7.72. The summed E-state index contributed by atoms with van der Waals surface area (Å²) in [6.45, 7) is 3.78. The number of pyridine rings is 1. The van der Waals surface area contributed by atoms with Crippen LogP contribution < -0.4 is 4.74 Å². The zero-order valence-electron chi connectivity index (χ0n) is 15.5. The number of esters is 1. The third-order valence-electron chi connectivity index (χ3n) is 4.30. The van der Waals surface area contributed by atoms with E-state index >= 15 is 0 Å². The van der Waals surface area contributed by atoms with Crippen LogP contribution in [0.4, 0.5) is 0 Å². The van der Waals surface area contributed by atoms with Gasteiger partial charge in [0, 0.05) is 17.1 Å². The van der Waals surface area contributed by atoms with Gasteiger partial charge < -0.3 is 9.47 Å². The van der Waals surface area contributed by atoms with Crippen molar-refractivity contribution in [2.45, 2.75) is 13.8 Å². The van der Waals surface area contributed by atoms with Crippen LogP contribution in [0.25, 0.3) is 16.3 Å². The molecule has 2 aromatic heterocycles. The highest BCUT2D eigenvalue weighted by Crippen LogP contribution is 2.30. The molecule has 0 fully saturated rings. The SMILES string of the molecule is COC(=O)c1sc2ncc(C(=O)/C=C/c3ccc(OC)c(C)c3)cc2c1C. The predicted octanol–water partition coefficient (Wildman–Crippen LogP) is 4.60. The summed E-state index contributed by atoms with van der Waals surface area (Å²) >= 11 is 1.27. The third kappa shape index (κ3) is 3.75. The Morgan fingerprint density at radius 1 is 1.15 bits per heavy atom. The maximum absolute atomic E-state index is 12.5. The molecule has 6 heteroatoms. The Labute approximate surface area is 161 Å². The molecule has 2 heterocycles. The lowest BCUT2D eigenvalue weighted by Gasteiger charge is -2.04. The summed E-state index contributed by atoms with van der Waals surface area (Å²) in [4.78, 5) is 29.9. The molecule has 0 saturated heterocycles. The number of ketones is 1. The van der Waals surface area contributed by atoms with Gasteiger partial charge in [-0.3, -0.25) is 4.79 Å². The number of hydrogen-bond acceptors (Lipinski definition) is 6. The number of fused-ring (bicyclic) bond motifs is 1. The zero-order valence-corrected chi connectivity index (χ0v) is 16.3. The maximum Gasteiger partial charge on any atom is 0.348 e. The molecule has 27 heavy (non-hydrogen) atoms. The van der Waals surface area contributed by atoms with Gasteiger partial charge in [-0.1, -0.05) is 12.1 Å². The van der Waals surface area contributed by atoms with Crippen LogP contribution in [0.5, 0.6) is 5.75 Å². The molecule has 0 radical (unpaired) electrons. The zero-order chi connectivity index (χ0) is 19.6. The quantitative estimate of drug-likeness (QED) is 0.367. The lowest BCUT2D eigenvalue weighted by molar-refractivity contribution is 0.0605. The van der Waals surface area contributed by atoms with Crippen molar-refractivity contribution in [2.75, 3.05) is 14.2 Å². The van der Waals surface area contributed by atoms with E-state index in [9.17, 15) is 9.59 Å². The summed E-state index contributed by atoms with van der Waals surface area (Å²) < 4.78 is 10.0. The van der Waals surface area contributed by atoms with Gasteiger partial charge in [-0.15, -0.1) is 11.3 Å². The van der Waals surface area contributed by atoms with Crippen molar-refractivity contribution in [3.8, 4) is 5.75 Å². The second-order valence-corrected chi connectivity index (χ2v) is 7.05. The Morgan fingerprint density at radius 3 is 2.59 bits per heavy atom. The lowest BCUT2D eigenvalue weighted by Crippen LogP contribution is -1.99. The van der Waals surface area contributed by atoms with Gasteiger partial charge in [0.05, 0.1) is 14.2 Å². The van der Waals surface area contributed by atoms with Crippen molar-refractivity contribution in [1.29, 1.82) is 0 Å². The average Bonchev–Trinajstić information content (AvgIpc) is 3.01. The van der Waals surface area contributed by atoms with Crippen LogP contribution in [0.2, 0.25) is 0 Å². The minimum absolute atomic E-state index is 0.150. The summed E-state index contributed by atoms with van der Waals surface area (Å²) in [5.41, 5.74) is 3.16. The molecule has 138 valence electrons. The smallest absolute Gasteiger partial charge is 0.348 e. The Kier molecular flexibility index (Phi) is 5.37. The largest absolute Gasteiger partial charge is 0.496 e. The first-order valence-corrected chi connectivity index (χ1v) is 9.10. The van der Waals surface area contributed by atoms with Crippen molar-refractivity contribution in [2.24, 2.45) is 0 Å². The number of thiophene rings is 1. The molecular formula is C21H19NO4S. The molecular weight excluding hydrogens is 362 g/mol. The van der Waals surface area contributed by atoms with Crippen LogP contribution in [0.15, 0.2) is 36.5 Å². The van der Waals surface area contributed by atoms with Crippen LogP contribution in [0.1, 0.15) is 36.7 Å². The maximum atomic E-state index is 12.5. The number of allylic oxidation sites excluding steroid dienone is 1. The molecule has 1 aromatic carbocycles. The number of ether oxygens (including phenoxy) is 2. The highest BCUT2D eigenvalue weighted by molar-refractivity contribution is 7.20. The molecule has 5 nitrogen and oxygen atoms in total. The Balaban J connectivity index is 1.88. The van der Waals surface area contributed by atoms with Gasteiger partial charge in [0.2, 0.25) is 0 Å². The van der Waals surface area contributed by atoms with E-state index in [0.717, 1.165) is 27.8 Å². The molecule has 3 aromatic rings. The molecule has 0 atom stereocenters. The predicted molar refractivity (Wildman–Crippen MR) is 107 cm³/mol. The minimum Gasteiger partial charge on any atom is -0.496 e. The van der Waals surface area contributed by atoms with E-state index in [1.54, 1.807) is 19.3 Å². The minimum atomic E-state index is -0.391. The van der Waals surface area contributed by atoms with Crippen molar-refractivity contribution < 1.29 is 19.1 Å². The van der Waals surface area contributed by atoms with Gasteiger partial charge in [-0.25, -0.2) is 9.78 Å². The Hall–Kier alpha value is -2.99. The highest BCUT2D eigenvalue weighted by atomic mass is 32.1. The Bertz CT molecular complexity index is 1070. The molecule has 0 saturated carbocycles. The van der Waals surface area contributed by atoms with Gasteiger partial charge >= 0.3 is 5.97 Å². The first-order chi connectivity index (χ1) is 12.9. The molecule has 0 aliphatic carbocycles. The number of aryl methyl sites for hydroxylation is 2. The van der Waals surface area contributed by atoms with Gasteiger partial charge in [0.1, 0.15) is 15.5 Å². The molecule has 0 aliphatic rings. The molecule has 0 bridgehead atoms. The van der Waals surface area contributed by atoms with E-state index in [0.29, 0.717) is 15.3 Å². The highest BCUT2D eigenvalue weighted by Gasteiger charge is 2.17. The van der Waals surface area contributed by atoms with Crippen molar-refractivity contribution >= 4 is 39.4 Å². The number of nitrogens with zero attached hydrogens (tertiary/aromatic N) is 1. The number of carbonyl (C=O) groups excluding carboxylic acids is 2. The fraction of sp³-hybridized carbons (Fsp3) is 0.190. The number of methoxy groups -OCH3 is 2. The van der Waals surface area contributed by atoms with Crippen molar-refractivity contribution in [3.63, 3.8) is 0 Å². The van der Waals surface area contributed by atoms with Gasteiger partial charge in [-0.2, -0.15) is 0 Å². The average molecular weight is 381 g/mol. The standard InChI is InChI=1S/C21H19NO4S/c1-12-9-14(6-8-18(12)25-3)5-7-17(23)15-10-16-13(2)19(21(24)26-4)27-20(16)22-11-15/h5-11H,1-4H3/b7-5+. The van der Waals surface area contributed by atoms with Crippen LogP contribution in [-0.2, 0) is 4.74 Å². The number of benzene rings is 1. The topological polar surface area (TPSA) is 65.5 Å². The molecule has 0 amide bonds. The van der Waals surface area contributed by atoms with Gasteiger partial charge in [0.25, 0.3) is 0 Å². The number of rotatable bonds is 5. The monoisotopic (exact) mass is 381 g/mol. The fourth-order valence-electron chi connectivity index (χ4n) is 2.79. The van der Waals surface area contributed by atoms with E-state index in [2.05, 4.69) is 4.98 Å². The number of aromatic nitrogens is 1. The van der Waals surface area contributed by atoms with E-state index in [4.69, 9.17) is 9.47 Å². The summed E-state index contributed by atoms with van der Waals surface area (Å²) in [5, 5.41) is 0.792. The molecule has 0 spiro atoms. The molecule has 0 N–H and O–H groups in total. The molecule has 0 aliphatic heterocycles. The van der Waals surface area contributed by atoms with Gasteiger partial charge in [0.15, 0.2) is 5.78 Å². The van der Waals surface area contributed by atoms with Crippen LogP contribution >= 0.6 is 11.3 Å². The summed E-state index contributed by atoms with van der Waals surface area (Å²) in [6, 6.07) is 7.49. The first kappa shape index (κ1) is 18.8. The van der Waals surface area contributed by atoms with E-state index in [1.165, 1.54) is 30.7 Å². The van der Waals surface area contributed by atoms with Crippen LogP contribution in [0, 0.1) is 13.8 Å². The van der Waals surface area contributed by atoms with Crippen LogP contribution in [0.3, 0.4) is 0 Å². The summed E-state index contributed by atoms with van der Waals surface area (Å²) in [7, 11) is 2.97. The lowest BCUT2D eigenvalue weighted by atomic mass is 10.1. The number of hydrogen-bond donors (Lipinski definition) is 0. The van der Waals surface area contributed by atoms with Crippen molar-refractivity contribution in [3.05, 3.63) is 63.7 Å². The number of carbonyl (C=O) groups is 2. The summed E-state index contributed by atoms with van der Waals surface area (Å²) in [6.07, 6.45) is 4.82.